The van der Waals surface area contributed by atoms with Crippen LogP contribution in [0.15, 0.2) is 97.3 Å². The summed E-state index contributed by atoms with van der Waals surface area (Å²) < 4.78 is 37.3. The lowest BCUT2D eigenvalue weighted by Crippen LogP contribution is -2.29. The average Bonchev–Trinajstić information content (AvgIpc) is 2.66. The van der Waals surface area contributed by atoms with Crippen molar-refractivity contribution in [3.63, 3.8) is 0 Å². The number of nitrogens with one attached hydrogen (secondary N) is 1. The van der Waals surface area contributed by atoms with Crippen LogP contribution in [0.3, 0.4) is 0 Å². The number of rotatable bonds is 2. The average molecular weight is 404 g/mol. The topological polar surface area (TPSA) is 29.1 Å². The smallest absolute Gasteiger partial charge is 0.318 e. The Morgan fingerprint density at radius 1 is 0.815 bits per heavy atom. The maximum absolute atomic E-state index is 12.4. The van der Waals surface area contributed by atoms with E-state index in [1.807, 2.05) is 29.6 Å². The molecule has 7 heteroatoms. The SMILES string of the molecule is O=C(Nc1ccc([S+]2c3ccccc3Sc3ccccc32)cc1)C(F)(F)F. The van der Waals surface area contributed by atoms with E-state index in [4.69, 9.17) is 0 Å². The highest BCUT2D eigenvalue weighted by Gasteiger charge is 2.39. The molecular weight excluding hydrogens is 391 g/mol. The van der Waals surface area contributed by atoms with Crippen LogP contribution in [0.1, 0.15) is 0 Å². The fourth-order valence-corrected chi connectivity index (χ4v) is 6.51. The molecule has 0 saturated heterocycles. The molecule has 4 rings (SSSR count). The Labute approximate surface area is 161 Å². The Balaban J connectivity index is 1.71. The fraction of sp³-hybridized carbons (Fsp3) is 0.0500. The standard InChI is InChI=1S/C20H12F3NOS2/c21-20(22,23)19(25)24-13-9-11-14(12-10-13)27-17-7-3-1-5-15(17)26-16-6-2-4-8-18(16)27/h1-12H/p+1. The molecule has 0 radical (unpaired) electrons. The number of carbonyl (C=O) groups excluding carboxylic acids is 1. The van der Waals surface area contributed by atoms with Crippen LogP contribution in [-0.4, -0.2) is 12.1 Å². The maximum atomic E-state index is 12.4. The molecule has 0 atom stereocenters. The molecular formula is C20H13F3NOS2+. The molecule has 0 spiro atoms. The van der Waals surface area contributed by atoms with Crippen molar-refractivity contribution in [1.29, 1.82) is 0 Å². The minimum Gasteiger partial charge on any atom is -0.318 e. The zero-order chi connectivity index (χ0) is 19.0. The summed E-state index contributed by atoms with van der Waals surface area (Å²) in [4.78, 5) is 16.8. The Morgan fingerprint density at radius 3 is 1.85 bits per heavy atom. The highest BCUT2D eigenvalue weighted by Crippen LogP contribution is 2.48. The van der Waals surface area contributed by atoms with E-state index in [0.29, 0.717) is 0 Å². The van der Waals surface area contributed by atoms with Gasteiger partial charge in [-0.25, -0.2) is 0 Å². The number of carbonyl (C=O) groups is 1. The van der Waals surface area contributed by atoms with Gasteiger partial charge < -0.3 is 5.32 Å². The van der Waals surface area contributed by atoms with Crippen LogP contribution in [0.5, 0.6) is 0 Å². The van der Waals surface area contributed by atoms with E-state index < -0.39 is 12.1 Å². The van der Waals surface area contributed by atoms with E-state index in [9.17, 15) is 18.0 Å². The van der Waals surface area contributed by atoms with Gasteiger partial charge in [0.1, 0.15) is 10.9 Å². The van der Waals surface area contributed by atoms with E-state index in [1.165, 1.54) is 31.7 Å². The predicted molar refractivity (Wildman–Crippen MR) is 100 cm³/mol. The lowest BCUT2D eigenvalue weighted by atomic mass is 10.3. The Bertz CT molecular complexity index is 957. The molecule has 1 aliphatic heterocycles. The van der Waals surface area contributed by atoms with E-state index in [2.05, 4.69) is 24.3 Å². The number of anilines is 1. The molecule has 0 bridgehead atoms. The van der Waals surface area contributed by atoms with Crippen molar-refractivity contribution in [3.8, 4) is 0 Å². The number of alkyl halides is 3. The third-order valence-electron chi connectivity index (χ3n) is 3.96. The number of benzene rings is 3. The number of halogens is 3. The van der Waals surface area contributed by atoms with Crippen LogP contribution in [0, 0.1) is 0 Å². The number of fused-ring (bicyclic) bond motifs is 2. The van der Waals surface area contributed by atoms with Gasteiger partial charge in [-0.05, 0) is 48.5 Å². The second-order valence-corrected chi connectivity index (χ2v) is 8.83. The van der Waals surface area contributed by atoms with Crippen molar-refractivity contribution < 1.29 is 18.0 Å². The van der Waals surface area contributed by atoms with Gasteiger partial charge in [-0.15, -0.1) is 0 Å². The quantitative estimate of drug-likeness (QED) is 0.431. The van der Waals surface area contributed by atoms with Crippen molar-refractivity contribution >= 4 is 34.3 Å². The summed E-state index contributed by atoms with van der Waals surface area (Å²) in [5.41, 5.74) is 0.123. The molecule has 3 aromatic carbocycles. The van der Waals surface area contributed by atoms with Crippen molar-refractivity contribution in [1.82, 2.24) is 0 Å². The lowest BCUT2D eigenvalue weighted by Gasteiger charge is -2.18. The summed E-state index contributed by atoms with van der Waals surface area (Å²) in [6.07, 6.45) is -4.90. The van der Waals surface area contributed by atoms with E-state index in [0.717, 1.165) is 4.90 Å². The molecule has 0 aliphatic carbocycles. The van der Waals surface area contributed by atoms with E-state index >= 15 is 0 Å². The summed E-state index contributed by atoms with van der Waals surface area (Å²) in [6, 6.07) is 22.9. The van der Waals surface area contributed by atoms with Gasteiger partial charge in [0.2, 0.25) is 0 Å². The molecule has 0 aromatic heterocycles. The third-order valence-corrected chi connectivity index (χ3v) is 7.71. The van der Waals surface area contributed by atoms with Crippen LogP contribution in [0.4, 0.5) is 18.9 Å². The van der Waals surface area contributed by atoms with Crippen LogP contribution < -0.4 is 5.32 Å². The molecule has 3 aromatic rings. The second kappa shape index (κ2) is 6.98. The Hall–Kier alpha value is -2.38. The van der Waals surface area contributed by atoms with Crippen molar-refractivity contribution in [2.24, 2.45) is 0 Å². The number of hydrogen-bond donors (Lipinski definition) is 1. The van der Waals surface area contributed by atoms with Crippen LogP contribution in [-0.2, 0) is 15.7 Å². The van der Waals surface area contributed by atoms with Gasteiger partial charge in [0.15, 0.2) is 14.7 Å². The van der Waals surface area contributed by atoms with Gasteiger partial charge in [-0.2, -0.15) is 13.2 Å². The Morgan fingerprint density at radius 2 is 1.33 bits per heavy atom. The molecule has 0 fully saturated rings. The molecule has 136 valence electrons. The first-order chi connectivity index (χ1) is 12.9. The highest BCUT2D eigenvalue weighted by molar-refractivity contribution is 8.04. The monoisotopic (exact) mass is 404 g/mol. The van der Waals surface area contributed by atoms with E-state index in [-0.39, 0.29) is 16.6 Å². The van der Waals surface area contributed by atoms with Gasteiger partial charge in [0.25, 0.3) is 0 Å². The summed E-state index contributed by atoms with van der Waals surface area (Å²) in [5, 5.41) is 1.89. The van der Waals surface area contributed by atoms with Crippen LogP contribution in [0.25, 0.3) is 0 Å². The van der Waals surface area contributed by atoms with Gasteiger partial charge in [0, 0.05) is 5.69 Å². The molecule has 0 saturated carbocycles. The third kappa shape index (κ3) is 3.57. The summed E-state index contributed by atoms with van der Waals surface area (Å²) in [7, 11) is -0.352. The number of hydrogen-bond acceptors (Lipinski definition) is 2. The minimum absolute atomic E-state index is 0.123. The predicted octanol–water partition coefficient (Wildman–Crippen LogP) is 5.75. The van der Waals surface area contributed by atoms with Crippen molar-refractivity contribution in [3.05, 3.63) is 72.8 Å². The molecule has 2 nitrogen and oxygen atoms in total. The minimum atomic E-state index is -4.90. The molecule has 1 N–H and O–H groups in total. The van der Waals surface area contributed by atoms with Gasteiger partial charge in [0.05, 0.1) is 9.79 Å². The summed E-state index contributed by atoms with van der Waals surface area (Å²) in [6.45, 7) is 0. The Kier molecular flexibility index (Phi) is 4.65. The van der Waals surface area contributed by atoms with Crippen LogP contribution >= 0.6 is 11.8 Å². The first-order valence-electron chi connectivity index (χ1n) is 8.02. The summed E-state index contributed by atoms with van der Waals surface area (Å²) in [5.74, 6) is -1.97. The largest absolute Gasteiger partial charge is 0.471 e. The molecule has 1 aliphatic rings. The van der Waals surface area contributed by atoms with Gasteiger partial charge >= 0.3 is 12.1 Å². The first kappa shape index (κ1) is 18.0. The zero-order valence-electron chi connectivity index (χ0n) is 13.8. The van der Waals surface area contributed by atoms with Gasteiger partial charge in [-0.3, -0.25) is 4.79 Å². The van der Waals surface area contributed by atoms with Gasteiger partial charge in [-0.1, -0.05) is 36.0 Å². The lowest BCUT2D eigenvalue weighted by molar-refractivity contribution is -0.167. The highest BCUT2D eigenvalue weighted by atomic mass is 32.2. The van der Waals surface area contributed by atoms with Crippen molar-refractivity contribution in [2.75, 3.05) is 5.32 Å². The second-order valence-electron chi connectivity index (χ2n) is 5.78. The van der Waals surface area contributed by atoms with E-state index in [1.54, 1.807) is 23.9 Å². The molecule has 27 heavy (non-hydrogen) atoms. The normalized spacial score (nSPS) is 13.6. The van der Waals surface area contributed by atoms with Crippen LogP contribution in [0.2, 0.25) is 0 Å². The van der Waals surface area contributed by atoms with Crippen molar-refractivity contribution in [2.45, 2.75) is 30.7 Å². The first-order valence-corrected chi connectivity index (χ1v) is 10.1. The summed E-state index contributed by atoms with van der Waals surface area (Å²) >= 11 is 1.72. The maximum Gasteiger partial charge on any atom is 0.471 e. The fourth-order valence-electron chi connectivity index (χ4n) is 2.77. The number of amides is 1. The zero-order valence-corrected chi connectivity index (χ0v) is 15.4. The molecule has 1 heterocycles. The molecule has 1 amide bonds. The molecule has 0 unspecified atom stereocenters.